The topological polar surface area (TPSA) is 20.3 Å². The molecule has 1 fully saturated rings. The number of halogens is 1. The van der Waals surface area contributed by atoms with Gasteiger partial charge in [0.2, 0.25) is 0 Å². The molecule has 0 N–H and O–H groups in total. The molecule has 0 bridgehead atoms. The lowest BCUT2D eigenvalue weighted by molar-refractivity contribution is 0.112. The molecule has 0 amide bonds. The van der Waals surface area contributed by atoms with Gasteiger partial charge in [-0.25, -0.2) is 0 Å². The Morgan fingerprint density at radius 3 is 2.70 bits per heavy atom. The zero-order valence-electron chi connectivity index (χ0n) is 11.1. The minimum Gasteiger partial charge on any atom is -0.370 e. The molecule has 1 atom stereocenters. The zero-order valence-corrected chi connectivity index (χ0v) is 12.7. The van der Waals surface area contributed by atoms with E-state index in [9.17, 15) is 4.79 Å². The van der Waals surface area contributed by atoms with Gasteiger partial charge < -0.3 is 4.90 Å². The van der Waals surface area contributed by atoms with Gasteiger partial charge in [-0.1, -0.05) is 46.3 Å². The van der Waals surface area contributed by atoms with Crippen molar-refractivity contribution in [3.8, 4) is 0 Å². The molecule has 102 valence electrons. The second-order valence-electron chi connectivity index (χ2n) is 5.16. The quantitative estimate of drug-likeness (QED) is 0.784. The molecule has 0 radical (unpaired) electrons. The number of benzene rings is 2. The maximum absolute atomic E-state index is 11.2. The number of anilines is 1. The van der Waals surface area contributed by atoms with E-state index in [1.165, 1.54) is 5.56 Å². The first-order valence-electron chi connectivity index (χ1n) is 6.82. The van der Waals surface area contributed by atoms with E-state index >= 15 is 0 Å². The molecular formula is C17H16BrNO. The van der Waals surface area contributed by atoms with E-state index in [1.54, 1.807) is 0 Å². The van der Waals surface area contributed by atoms with Crippen LogP contribution in [-0.2, 0) is 0 Å². The van der Waals surface area contributed by atoms with E-state index in [0.717, 1.165) is 41.5 Å². The van der Waals surface area contributed by atoms with Crippen molar-refractivity contribution in [2.75, 3.05) is 18.0 Å². The van der Waals surface area contributed by atoms with Gasteiger partial charge in [-0.3, -0.25) is 4.79 Å². The molecule has 3 rings (SSSR count). The van der Waals surface area contributed by atoms with Gasteiger partial charge in [0.05, 0.1) is 0 Å². The number of carbonyl (C=O) groups is 1. The van der Waals surface area contributed by atoms with E-state index in [1.807, 2.05) is 18.2 Å². The first-order valence-corrected chi connectivity index (χ1v) is 7.62. The minimum absolute atomic E-state index is 0.555. The Bertz CT molecular complexity index is 612. The number of hydrogen-bond acceptors (Lipinski definition) is 2. The molecule has 1 aliphatic rings. The van der Waals surface area contributed by atoms with Crippen molar-refractivity contribution in [2.45, 2.75) is 12.3 Å². The van der Waals surface area contributed by atoms with Crippen LogP contribution in [0.4, 0.5) is 5.69 Å². The van der Waals surface area contributed by atoms with Crippen LogP contribution in [0.25, 0.3) is 0 Å². The molecule has 2 aromatic carbocycles. The second-order valence-corrected chi connectivity index (χ2v) is 6.08. The zero-order chi connectivity index (χ0) is 13.9. The molecule has 2 aromatic rings. The number of aldehydes is 1. The highest BCUT2D eigenvalue weighted by Gasteiger charge is 2.25. The van der Waals surface area contributed by atoms with Gasteiger partial charge in [0.25, 0.3) is 0 Å². The summed E-state index contributed by atoms with van der Waals surface area (Å²) in [5.74, 6) is 0.555. The molecule has 1 heterocycles. The third kappa shape index (κ3) is 2.63. The van der Waals surface area contributed by atoms with Crippen LogP contribution >= 0.6 is 15.9 Å². The van der Waals surface area contributed by atoms with Crippen molar-refractivity contribution >= 4 is 27.9 Å². The monoisotopic (exact) mass is 329 g/mol. The SMILES string of the molecule is O=Cc1cc(Br)ccc1N1CCC(c2ccccc2)C1. The van der Waals surface area contributed by atoms with E-state index in [-0.39, 0.29) is 0 Å². The molecule has 1 unspecified atom stereocenters. The van der Waals surface area contributed by atoms with Crippen LogP contribution in [0.2, 0.25) is 0 Å². The Kier molecular flexibility index (Phi) is 3.88. The van der Waals surface area contributed by atoms with E-state index in [2.05, 4.69) is 51.2 Å². The summed E-state index contributed by atoms with van der Waals surface area (Å²) >= 11 is 3.42. The van der Waals surface area contributed by atoms with Gasteiger partial charge in [-0.15, -0.1) is 0 Å². The normalized spacial score (nSPS) is 18.2. The van der Waals surface area contributed by atoms with Gasteiger partial charge in [0.1, 0.15) is 0 Å². The summed E-state index contributed by atoms with van der Waals surface area (Å²) in [7, 11) is 0. The fourth-order valence-electron chi connectivity index (χ4n) is 2.88. The Morgan fingerprint density at radius 2 is 1.95 bits per heavy atom. The summed E-state index contributed by atoms with van der Waals surface area (Å²) in [6.45, 7) is 1.98. The van der Waals surface area contributed by atoms with Gasteiger partial charge in [-0.05, 0) is 30.2 Å². The highest BCUT2D eigenvalue weighted by atomic mass is 79.9. The summed E-state index contributed by atoms with van der Waals surface area (Å²) in [5, 5.41) is 0. The minimum atomic E-state index is 0.555. The number of nitrogens with zero attached hydrogens (tertiary/aromatic N) is 1. The summed E-state index contributed by atoms with van der Waals surface area (Å²) < 4.78 is 0.946. The first kappa shape index (κ1) is 13.4. The van der Waals surface area contributed by atoms with Crippen LogP contribution in [0.3, 0.4) is 0 Å². The molecule has 1 aliphatic heterocycles. The van der Waals surface area contributed by atoms with Crippen LogP contribution < -0.4 is 4.90 Å². The molecule has 2 nitrogen and oxygen atoms in total. The molecule has 0 saturated carbocycles. The smallest absolute Gasteiger partial charge is 0.152 e. The standard InChI is InChI=1S/C17H16BrNO/c18-16-6-7-17(15(10-16)12-20)19-9-8-14(11-19)13-4-2-1-3-5-13/h1-7,10,12,14H,8-9,11H2. The largest absolute Gasteiger partial charge is 0.370 e. The third-order valence-corrected chi connectivity index (χ3v) is 4.41. The van der Waals surface area contributed by atoms with E-state index in [0.29, 0.717) is 5.92 Å². The van der Waals surface area contributed by atoms with E-state index in [4.69, 9.17) is 0 Å². The van der Waals surface area contributed by atoms with Gasteiger partial charge >= 0.3 is 0 Å². The fraction of sp³-hybridized carbons (Fsp3) is 0.235. The van der Waals surface area contributed by atoms with Crippen LogP contribution in [0.15, 0.2) is 53.0 Å². The maximum Gasteiger partial charge on any atom is 0.152 e. The summed E-state index contributed by atoms with van der Waals surface area (Å²) in [5.41, 5.74) is 3.19. The Morgan fingerprint density at radius 1 is 1.15 bits per heavy atom. The highest BCUT2D eigenvalue weighted by molar-refractivity contribution is 9.10. The van der Waals surface area contributed by atoms with Gasteiger partial charge in [0.15, 0.2) is 6.29 Å². The number of hydrogen-bond donors (Lipinski definition) is 0. The molecule has 1 saturated heterocycles. The van der Waals surface area contributed by atoms with Crippen LogP contribution in [0.5, 0.6) is 0 Å². The molecule has 0 spiro atoms. The van der Waals surface area contributed by atoms with Crippen molar-refractivity contribution in [2.24, 2.45) is 0 Å². The summed E-state index contributed by atoms with van der Waals surface area (Å²) in [4.78, 5) is 13.6. The molecule has 20 heavy (non-hydrogen) atoms. The second kappa shape index (κ2) is 5.80. The van der Waals surface area contributed by atoms with Gasteiger partial charge in [-0.2, -0.15) is 0 Å². The average molecular weight is 330 g/mol. The Hall–Kier alpha value is -1.61. The lowest BCUT2D eigenvalue weighted by Gasteiger charge is -2.20. The lowest BCUT2D eigenvalue weighted by Crippen LogP contribution is -2.20. The van der Waals surface area contributed by atoms with Crippen molar-refractivity contribution in [3.63, 3.8) is 0 Å². The molecular weight excluding hydrogens is 314 g/mol. The Balaban J connectivity index is 1.82. The van der Waals surface area contributed by atoms with Crippen molar-refractivity contribution in [1.82, 2.24) is 0 Å². The Labute approximate surface area is 127 Å². The highest BCUT2D eigenvalue weighted by Crippen LogP contribution is 2.32. The maximum atomic E-state index is 11.2. The number of rotatable bonds is 3. The lowest BCUT2D eigenvalue weighted by atomic mass is 9.99. The fourth-order valence-corrected chi connectivity index (χ4v) is 3.26. The average Bonchev–Trinajstić information content (AvgIpc) is 2.97. The van der Waals surface area contributed by atoms with Crippen molar-refractivity contribution in [1.29, 1.82) is 0 Å². The van der Waals surface area contributed by atoms with E-state index < -0.39 is 0 Å². The van der Waals surface area contributed by atoms with Crippen molar-refractivity contribution < 1.29 is 4.79 Å². The predicted molar refractivity (Wildman–Crippen MR) is 85.5 cm³/mol. The third-order valence-electron chi connectivity index (χ3n) is 3.92. The first-order chi connectivity index (χ1) is 9.78. The van der Waals surface area contributed by atoms with Crippen LogP contribution in [0.1, 0.15) is 28.3 Å². The molecule has 0 aliphatic carbocycles. The molecule has 0 aromatic heterocycles. The van der Waals surface area contributed by atoms with Gasteiger partial charge in [0, 0.05) is 34.7 Å². The number of carbonyl (C=O) groups excluding carboxylic acids is 1. The summed E-state index contributed by atoms with van der Waals surface area (Å²) in [6, 6.07) is 16.5. The van der Waals surface area contributed by atoms with Crippen LogP contribution in [0, 0.1) is 0 Å². The summed E-state index contributed by atoms with van der Waals surface area (Å²) in [6.07, 6.45) is 2.08. The van der Waals surface area contributed by atoms with Crippen molar-refractivity contribution in [3.05, 3.63) is 64.1 Å². The van der Waals surface area contributed by atoms with Crippen LogP contribution in [-0.4, -0.2) is 19.4 Å². The molecule has 3 heteroatoms. The predicted octanol–water partition coefficient (Wildman–Crippen LogP) is 4.26.